The maximum absolute atomic E-state index is 10.7. The first-order chi connectivity index (χ1) is 9.83. The van der Waals surface area contributed by atoms with Gasteiger partial charge in [-0.25, -0.2) is 0 Å². The van der Waals surface area contributed by atoms with Crippen LogP contribution in [0.25, 0.3) is 0 Å². The lowest BCUT2D eigenvalue weighted by Crippen LogP contribution is -2.46. The molecule has 0 aliphatic heterocycles. The minimum Gasteiger partial charge on any atom is -0.379 e. The third-order valence-electron chi connectivity index (χ3n) is 4.53. The smallest absolute Gasteiger partial charge is 0.129 e. The van der Waals surface area contributed by atoms with Crippen molar-refractivity contribution in [2.45, 2.75) is 96.4 Å². The van der Waals surface area contributed by atoms with Crippen molar-refractivity contribution < 1.29 is 5.11 Å². The van der Waals surface area contributed by atoms with Gasteiger partial charge in [0, 0.05) is 6.42 Å². The van der Waals surface area contributed by atoms with Crippen LogP contribution in [-0.4, -0.2) is 27.4 Å². The summed E-state index contributed by atoms with van der Waals surface area (Å²) < 4.78 is 0. The molecule has 0 rings (SSSR count). The summed E-state index contributed by atoms with van der Waals surface area (Å²) in [5, 5.41) is 10.9. The monoisotopic (exact) mass is 336 g/mol. The fourth-order valence-corrected chi connectivity index (χ4v) is 4.91. The van der Waals surface area contributed by atoms with Crippen molar-refractivity contribution in [1.29, 1.82) is 0 Å². The van der Waals surface area contributed by atoms with Gasteiger partial charge in [-0.2, -0.15) is 0 Å². The van der Waals surface area contributed by atoms with Gasteiger partial charge in [0.2, 0.25) is 0 Å². The van der Waals surface area contributed by atoms with Crippen molar-refractivity contribution in [2.75, 3.05) is 0 Å². The molecule has 0 aromatic rings. The Labute approximate surface area is 141 Å². The number of hydrogen-bond acceptors (Lipinski definition) is 1. The Kier molecular flexibility index (Phi) is 8.20. The zero-order valence-corrected chi connectivity index (χ0v) is 18.2. The Bertz CT molecular complexity index is 458. The molecule has 0 heterocycles. The highest BCUT2D eigenvalue weighted by Gasteiger charge is 2.44. The molecule has 0 saturated carbocycles. The van der Waals surface area contributed by atoms with Crippen molar-refractivity contribution >= 4 is 16.1 Å². The molecule has 0 amide bonds. The van der Waals surface area contributed by atoms with Crippen LogP contribution in [0.5, 0.6) is 0 Å². The van der Waals surface area contributed by atoms with E-state index < -0.39 is 22.3 Å². The van der Waals surface area contributed by atoms with Gasteiger partial charge in [-0.05, 0) is 11.5 Å². The predicted octanol–water partition coefficient (Wildman–Crippen LogP) is 5.30. The summed E-state index contributed by atoms with van der Waals surface area (Å²) in [7, 11) is -3.22. The van der Waals surface area contributed by atoms with Crippen molar-refractivity contribution in [2.24, 2.45) is 0 Å². The highest BCUT2D eigenvalue weighted by Crippen LogP contribution is 2.44. The second-order valence-corrected chi connectivity index (χ2v) is 19.2. The molecule has 0 aromatic heterocycles. The SMILES string of the molecule is CCCCC#CC(O)C(C#C[Si](C)(C)C)[Si](C)(C)C(C)(C)C. The fourth-order valence-electron chi connectivity index (χ4n) is 1.94. The van der Waals surface area contributed by atoms with Crippen LogP contribution in [0.15, 0.2) is 0 Å². The third-order valence-corrected chi connectivity index (χ3v) is 11.3. The molecule has 22 heavy (non-hydrogen) atoms. The Balaban J connectivity index is 5.50. The fraction of sp³-hybridized carbons (Fsp3) is 0.789. The summed E-state index contributed by atoms with van der Waals surface area (Å²) in [5.74, 6) is 9.71. The number of aliphatic hydroxyl groups is 1. The Morgan fingerprint density at radius 2 is 1.55 bits per heavy atom. The number of hydrogen-bond donors (Lipinski definition) is 1. The van der Waals surface area contributed by atoms with Gasteiger partial charge < -0.3 is 5.11 Å². The average molecular weight is 337 g/mol. The lowest BCUT2D eigenvalue weighted by atomic mass is 10.2. The molecule has 0 fully saturated rings. The van der Waals surface area contributed by atoms with Gasteiger partial charge in [0.15, 0.2) is 0 Å². The van der Waals surface area contributed by atoms with E-state index >= 15 is 0 Å². The zero-order chi connectivity index (χ0) is 17.6. The largest absolute Gasteiger partial charge is 0.379 e. The van der Waals surface area contributed by atoms with Crippen LogP contribution in [-0.2, 0) is 0 Å². The van der Waals surface area contributed by atoms with Gasteiger partial charge in [-0.3, -0.25) is 0 Å². The van der Waals surface area contributed by atoms with Gasteiger partial charge in [0.05, 0.1) is 13.6 Å². The van der Waals surface area contributed by atoms with Gasteiger partial charge in [0.25, 0.3) is 0 Å². The van der Waals surface area contributed by atoms with E-state index in [2.05, 4.69) is 83.7 Å². The first-order valence-corrected chi connectivity index (χ1v) is 15.1. The van der Waals surface area contributed by atoms with Crippen molar-refractivity contribution in [3.8, 4) is 23.3 Å². The molecule has 0 bridgehead atoms. The molecule has 0 spiro atoms. The van der Waals surface area contributed by atoms with Crippen LogP contribution in [0.2, 0.25) is 43.3 Å². The van der Waals surface area contributed by atoms with Crippen LogP contribution >= 0.6 is 0 Å². The van der Waals surface area contributed by atoms with E-state index in [1.807, 2.05) is 0 Å². The average Bonchev–Trinajstić information content (AvgIpc) is 2.31. The summed E-state index contributed by atoms with van der Waals surface area (Å²) in [6.45, 7) is 20.4. The summed E-state index contributed by atoms with van der Waals surface area (Å²) in [4.78, 5) is 0. The number of rotatable bonds is 4. The van der Waals surface area contributed by atoms with Crippen LogP contribution in [0.4, 0.5) is 0 Å². The normalized spacial score (nSPS) is 15.2. The maximum atomic E-state index is 10.7. The lowest BCUT2D eigenvalue weighted by molar-refractivity contribution is 0.234. The summed E-state index contributed by atoms with van der Waals surface area (Å²) >= 11 is 0. The highest BCUT2D eigenvalue weighted by atomic mass is 28.3. The second-order valence-electron chi connectivity index (χ2n) is 8.84. The van der Waals surface area contributed by atoms with Crippen LogP contribution < -0.4 is 0 Å². The standard InChI is InChI=1S/C19H36OSi2/c1-10-11-12-13-14-17(20)18(15-16-21(5,6)7)22(8,9)19(2,3)4/h17-18,20H,10-12H2,1-9H3. The second kappa shape index (κ2) is 8.39. The molecule has 1 N–H and O–H groups in total. The zero-order valence-electron chi connectivity index (χ0n) is 16.2. The van der Waals surface area contributed by atoms with E-state index in [-0.39, 0.29) is 10.6 Å². The Morgan fingerprint density at radius 3 is 1.95 bits per heavy atom. The van der Waals surface area contributed by atoms with Crippen LogP contribution in [0, 0.1) is 23.3 Å². The third kappa shape index (κ3) is 7.18. The summed E-state index contributed by atoms with van der Waals surface area (Å²) in [5.41, 5.74) is 3.50. The topological polar surface area (TPSA) is 20.2 Å². The first-order valence-electron chi connectivity index (χ1n) is 8.52. The van der Waals surface area contributed by atoms with Crippen LogP contribution in [0.1, 0.15) is 47.0 Å². The van der Waals surface area contributed by atoms with Gasteiger partial charge >= 0.3 is 0 Å². The van der Waals surface area contributed by atoms with Gasteiger partial charge in [-0.1, -0.05) is 72.8 Å². The molecule has 0 aliphatic carbocycles. The molecule has 1 nitrogen and oxygen atoms in total. The van der Waals surface area contributed by atoms with Gasteiger partial charge in [0.1, 0.15) is 14.2 Å². The summed E-state index contributed by atoms with van der Waals surface area (Å²) in [6.07, 6.45) is 2.51. The van der Waals surface area contributed by atoms with Gasteiger partial charge in [-0.15, -0.1) is 17.4 Å². The predicted molar refractivity (Wildman–Crippen MR) is 105 cm³/mol. The molecular formula is C19H36OSi2. The molecule has 0 radical (unpaired) electrons. The van der Waals surface area contributed by atoms with Crippen LogP contribution in [0.3, 0.4) is 0 Å². The minimum atomic E-state index is -1.77. The van der Waals surface area contributed by atoms with E-state index in [4.69, 9.17) is 0 Å². The van der Waals surface area contributed by atoms with Crippen molar-refractivity contribution in [1.82, 2.24) is 0 Å². The number of aliphatic hydroxyl groups excluding tert-OH is 1. The Morgan fingerprint density at radius 1 is 1.00 bits per heavy atom. The van der Waals surface area contributed by atoms with E-state index in [1.54, 1.807) is 0 Å². The van der Waals surface area contributed by atoms with Crippen molar-refractivity contribution in [3.05, 3.63) is 0 Å². The lowest BCUT2D eigenvalue weighted by Gasteiger charge is -2.42. The number of unbranched alkanes of at least 4 members (excludes halogenated alkanes) is 2. The van der Waals surface area contributed by atoms with E-state index in [9.17, 15) is 5.11 Å². The molecule has 2 unspecified atom stereocenters. The molecule has 3 heteroatoms. The molecule has 0 saturated heterocycles. The first kappa shape index (κ1) is 21.5. The minimum absolute atomic E-state index is 0.0216. The highest BCUT2D eigenvalue weighted by molar-refractivity contribution is 6.85. The molecule has 0 aliphatic rings. The molecular weight excluding hydrogens is 300 g/mol. The van der Waals surface area contributed by atoms with E-state index in [1.165, 1.54) is 0 Å². The molecule has 2 atom stereocenters. The van der Waals surface area contributed by atoms with E-state index in [0.29, 0.717) is 0 Å². The molecule has 126 valence electrons. The molecule has 0 aromatic carbocycles. The summed E-state index contributed by atoms with van der Waals surface area (Å²) in [6, 6.07) is 0. The van der Waals surface area contributed by atoms with Crippen molar-refractivity contribution in [3.63, 3.8) is 0 Å². The Hall–Kier alpha value is -0.486. The van der Waals surface area contributed by atoms with E-state index in [0.717, 1.165) is 19.3 Å². The maximum Gasteiger partial charge on any atom is 0.129 e. The quantitative estimate of drug-likeness (QED) is 0.419.